The van der Waals surface area contributed by atoms with E-state index in [-0.39, 0.29) is 24.0 Å². The summed E-state index contributed by atoms with van der Waals surface area (Å²) in [4.78, 5) is 40.7. The molecule has 0 saturated carbocycles. The van der Waals surface area contributed by atoms with E-state index in [0.717, 1.165) is 5.56 Å². The van der Waals surface area contributed by atoms with Gasteiger partial charge in [0.05, 0.1) is 11.6 Å². The molecule has 1 unspecified atom stereocenters. The van der Waals surface area contributed by atoms with Crippen LogP contribution in [0.5, 0.6) is 0 Å². The highest BCUT2D eigenvalue weighted by Gasteiger charge is 2.31. The molecule has 0 heterocycles. The first-order chi connectivity index (χ1) is 14.5. The molecule has 1 atom stereocenters. The third-order valence-corrected chi connectivity index (χ3v) is 4.93. The number of carbonyl (C=O) groups excluding carboxylic acids is 3. The molecule has 30 heavy (non-hydrogen) atoms. The minimum absolute atomic E-state index is 0.0922. The molecule has 0 saturated heterocycles. The number of hydrogen-bond acceptors (Lipinski definition) is 3. The number of anilines is 1. The molecule has 4 heteroatoms. The van der Waals surface area contributed by atoms with Gasteiger partial charge in [0.25, 0.3) is 0 Å². The Labute approximate surface area is 177 Å². The van der Waals surface area contributed by atoms with Gasteiger partial charge in [-0.05, 0) is 17.7 Å². The van der Waals surface area contributed by atoms with E-state index >= 15 is 0 Å². The van der Waals surface area contributed by atoms with Gasteiger partial charge in [0.15, 0.2) is 5.78 Å². The Balaban J connectivity index is 1.97. The monoisotopic (exact) mass is 399 g/mol. The van der Waals surface area contributed by atoms with E-state index in [1.54, 1.807) is 62.4 Å². The summed E-state index contributed by atoms with van der Waals surface area (Å²) in [7, 11) is 0. The molecule has 0 aliphatic rings. The summed E-state index contributed by atoms with van der Waals surface area (Å²) < 4.78 is 0. The Morgan fingerprint density at radius 2 is 1.23 bits per heavy atom. The molecule has 0 aromatic heterocycles. The fourth-order valence-electron chi connectivity index (χ4n) is 3.35. The van der Waals surface area contributed by atoms with E-state index in [1.165, 1.54) is 4.90 Å². The van der Waals surface area contributed by atoms with Crippen LogP contribution in [0.2, 0.25) is 0 Å². The minimum atomic E-state index is -0.674. The van der Waals surface area contributed by atoms with Crippen LogP contribution in [0.4, 0.5) is 5.69 Å². The van der Waals surface area contributed by atoms with Gasteiger partial charge in [0, 0.05) is 17.9 Å². The number of para-hydroxylation sites is 1. The van der Waals surface area contributed by atoms with Gasteiger partial charge < -0.3 is 0 Å². The number of amides is 2. The first-order valence-corrected chi connectivity index (χ1v) is 10.0. The molecule has 0 aliphatic carbocycles. The standard InChI is InChI=1S/C26H25NO3/c1-19(2)26(30)27(22-16-10-5-11-17-22)24(28)18-23(20-12-6-3-7-13-20)25(29)21-14-8-4-9-15-21/h3-17,19,23H,18H2,1-2H3. The summed E-state index contributed by atoms with van der Waals surface area (Å²) >= 11 is 0. The van der Waals surface area contributed by atoms with Crippen LogP contribution < -0.4 is 4.90 Å². The molecule has 0 N–H and O–H groups in total. The summed E-state index contributed by atoms with van der Waals surface area (Å²) in [6.07, 6.45) is -0.0922. The maximum atomic E-state index is 13.4. The number of rotatable bonds is 7. The van der Waals surface area contributed by atoms with Crippen molar-refractivity contribution in [3.05, 3.63) is 102 Å². The lowest BCUT2D eigenvalue weighted by molar-refractivity contribution is -0.128. The second-order valence-corrected chi connectivity index (χ2v) is 7.46. The van der Waals surface area contributed by atoms with Crippen molar-refractivity contribution in [1.29, 1.82) is 0 Å². The summed E-state index contributed by atoms with van der Waals surface area (Å²) in [6, 6.07) is 27.1. The Kier molecular flexibility index (Phi) is 6.91. The number of ketones is 1. The molecule has 3 rings (SSSR count). The Bertz CT molecular complexity index is 998. The molecular formula is C26H25NO3. The topological polar surface area (TPSA) is 54.5 Å². The molecule has 0 spiro atoms. The van der Waals surface area contributed by atoms with Crippen molar-refractivity contribution in [2.24, 2.45) is 5.92 Å². The predicted octanol–water partition coefficient (Wildman–Crippen LogP) is 5.26. The van der Waals surface area contributed by atoms with Crippen LogP contribution in [-0.2, 0) is 9.59 Å². The molecule has 2 amide bonds. The molecule has 0 fully saturated rings. The van der Waals surface area contributed by atoms with Gasteiger partial charge in [-0.2, -0.15) is 0 Å². The lowest BCUT2D eigenvalue weighted by Gasteiger charge is -2.25. The summed E-state index contributed by atoms with van der Waals surface area (Å²) in [5, 5.41) is 0. The second-order valence-electron chi connectivity index (χ2n) is 7.46. The summed E-state index contributed by atoms with van der Waals surface area (Å²) in [5.41, 5.74) is 1.81. The number of Topliss-reactive ketones (excluding diaryl/α,β-unsaturated/α-hetero) is 1. The fraction of sp³-hybridized carbons (Fsp3) is 0.192. The van der Waals surface area contributed by atoms with Crippen molar-refractivity contribution in [2.75, 3.05) is 4.90 Å². The van der Waals surface area contributed by atoms with Gasteiger partial charge in [-0.25, -0.2) is 0 Å². The minimum Gasteiger partial charge on any atom is -0.293 e. The SMILES string of the molecule is CC(C)C(=O)N(C(=O)CC(C(=O)c1ccccc1)c1ccccc1)c1ccccc1. The van der Waals surface area contributed by atoms with Crippen molar-refractivity contribution in [2.45, 2.75) is 26.2 Å². The van der Waals surface area contributed by atoms with E-state index < -0.39 is 11.8 Å². The van der Waals surface area contributed by atoms with Crippen molar-refractivity contribution in [1.82, 2.24) is 0 Å². The van der Waals surface area contributed by atoms with Crippen molar-refractivity contribution in [3.63, 3.8) is 0 Å². The van der Waals surface area contributed by atoms with Crippen molar-refractivity contribution >= 4 is 23.3 Å². The van der Waals surface area contributed by atoms with Gasteiger partial charge in [0.1, 0.15) is 0 Å². The van der Waals surface area contributed by atoms with Crippen LogP contribution >= 0.6 is 0 Å². The molecule has 0 aliphatic heterocycles. The van der Waals surface area contributed by atoms with Crippen LogP contribution in [-0.4, -0.2) is 17.6 Å². The third kappa shape index (κ3) is 4.90. The normalized spacial score (nSPS) is 11.7. The van der Waals surface area contributed by atoms with Gasteiger partial charge in [-0.15, -0.1) is 0 Å². The molecule has 4 nitrogen and oxygen atoms in total. The predicted molar refractivity (Wildman–Crippen MR) is 118 cm³/mol. The zero-order valence-corrected chi connectivity index (χ0v) is 17.2. The van der Waals surface area contributed by atoms with E-state index in [1.807, 2.05) is 42.5 Å². The molecule has 3 aromatic carbocycles. The van der Waals surface area contributed by atoms with Crippen LogP contribution in [0.1, 0.15) is 42.1 Å². The fourth-order valence-corrected chi connectivity index (χ4v) is 3.35. The van der Waals surface area contributed by atoms with Crippen molar-refractivity contribution in [3.8, 4) is 0 Å². The van der Waals surface area contributed by atoms with Gasteiger partial charge in [0.2, 0.25) is 11.8 Å². The van der Waals surface area contributed by atoms with E-state index in [9.17, 15) is 14.4 Å². The number of carbonyl (C=O) groups is 3. The Morgan fingerprint density at radius 1 is 0.733 bits per heavy atom. The Hall–Kier alpha value is -3.53. The highest BCUT2D eigenvalue weighted by molar-refractivity contribution is 6.16. The number of imide groups is 1. The molecule has 152 valence electrons. The molecule has 0 bridgehead atoms. The van der Waals surface area contributed by atoms with Crippen LogP contribution in [0.25, 0.3) is 0 Å². The number of nitrogens with zero attached hydrogens (tertiary/aromatic N) is 1. The number of benzene rings is 3. The summed E-state index contributed by atoms with van der Waals surface area (Å²) in [5.74, 6) is -1.84. The Morgan fingerprint density at radius 3 is 1.77 bits per heavy atom. The zero-order chi connectivity index (χ0) is 21.5. The van der Waals surface area contributed by atoms with E-state index in [4.69, 9.17) is 0 Å². The van der Waals surface area contributed by atoms with Gasteiger partial charge in [-0.3, -0.25) is 19.3 Å². The average molecular weight is 399 g/mol. The zero-order valence-electron chi connectivity index (χ0n) is 17.2. The molecule has 3 aromatic rings. The second kappa shape index (κ2) is 9.79. The lowest BCUT2D eigenvalue weighted by Crippen LogP contribution is -2.40. The van der Waals surface area contributed by atoms with Crippen LogP contribution in [0, 0.1) is 5.92 Å². The lowest BCUT2D eigenvalue weighted by atomic mass is 9.87. The maximum Gasteiger partial charge on any atom is 0.236 e. The highest BCUT2D eigenvalue weighted by atomic mass is 16.2. The van der Waals surface area contributed by atoms with Crippen molar-refractivity contribution < 1.29 is 14.4 Å². The smallest absolute Gasteiger partial charge is 0.236 e. The number of hydrogen-bond donors (Lipinski definition) is 0. The third-order valence-electron chi connectivity index (χ3n) is 4.93. The molecule has 0 radical (unpaired) electrons. The van der Waals surface area contributed by atoms with E-state index in [2.05, 4.69) is 0 Å². The quantitative estimate of drug-likeness (QED) is 0.509. The van der Waals surface area contributed by atoms with Gasteiger partial charge >= 0.3 is 0 Å². The van der Waals surface area contributed by atoms with Crippen LogP contribution in [0.3, 0.4) is 0 Å². The van der Waals surface area contributed by atoms with Gasteiger partial charge in [-0.1, -0.05) is 92.7 Å². The molecular weight excluding hydrogens is 374 g/mol. The van der Waals surface area contributed by atoms with Crippen LogP contribution in [0.15, 0.2) is 91.0 Å². The summed E-state index contributed by atoms with van der Waals surface area (Å²) in [6.45, 7) is 3.52. The highest BCUT2D eigenvalue weighted by Crippen LogP contribution is 2.27. The average Bonchev–Trinajstić information content (AvgIpc) is 2.79. The largest absolute Gasteiger partial charge is 0.293 e. The maximum absolute atomic E-state index is 13.4. The first kappa shape index (κ1) is 21.2. The first-order valence-electron chi connectivity index (χ1n) is 10.0. The van der Waals surface area contributed by atoms with E-state index in [0.29, 0.717) is 11.3 Å².